The van der Waals surface area contributed by atoms with Crippen LogP contribution in [0.2, 0.25) is 0 Å². The fourth-order valence-electron chi connectivity index (χ4n) is 0.935. The molecule has 0 aromatic heterocycles. The summed E-state index contributed by atoms with van der Waals surface area (Å²) >= 11 is 0. The number of hydroxylamine groups is 2. The molecule has 2 aliphatic rings. The van der Waals surface area contributed by atoms with E-state index < -0.39 is 0 Å². The van der Waals surface area contributed by atoms with E-state index in [9.17, 15) is 4.79 Å². The molecule has 0 radical (unpaired) electrons. The highest BCUT2D eigenvalue weighted by Crippen LogP contribution is 2.00. The summed E-state index contributed by atoms with van der Waals surface area (Å²) in [6.07, 6.45) is 1.35. The summed E-state index contributed by atoms with van der Waals surface area (Å²) in [5.74, 6) is 0.764. The van der Waals surface area contributed by atoms with E-state index in [-0.39, 0.29) is 5.91 Å². The van der Waals surface area contributed by atoms with E-state index in [2.05, 4.69) is 9.99 Å². The SMILES string of the molecule is CN1OCCC1=O.COC1=NOCC1. The van der Waals surface area contributed by atoms with Crippen molar-refractivity contribution in [2.24, 2.45) is 5.16 Å². The first kappa shape index (κ1) is 10.8. The maximum atomic E-state index is 10.4. The number of hydrogen-bond donors (Lipinski definition) is 0. The van der Waals surface area contributed by atoms with Gasteiger partial charge in [0.15, 0.2) is 0 Å². The van der Waals surface area contributed by atoms with Gasteiger partial charge in [-0.15, -0.1) is 0 Å². The maximum absolute atomic E-state index is 10.4. The van der Waals surface area contributed by atoms with E-state index in [0.29, 0.717) is 25.5 Å². The summed E-state index contributed by atoms with van der Waals surface area (Å²) in [7, 11) is 3.21. The van der Waals surface area contributed by atoms with Crippen molar-refractivity contribution in [1.29, 1.82) is 0 Å². The van der Waals surface area contributed by atoms with E-state index >= 15 is 0 Å². The molecular formula is C8H14N2O4. The number of hydrogen-bond acceptors (Lipinski definition) is 5. The van der Waals surface area contributed by atoms with Crippen LogP contribution in [0.5, 0.6) is 0 Å². The van der Waals surface area contributed by atoms with Crippen molar-refractivity contribution in [1.82, 2.24) is 5.06 Å². The molecule has 6 nitrogen and oxygen atoms in total. The molecular weight excluding hydrogens is 188 g/mol. The van der Waals surface area contributed by atoms with Gasteiger partial charge in [-0.1, -0.05) is 5.16 Å². The van der Waals surface area contributed by atoms with Gasteiger partial charge in [-0.3, -0.25) is 9.63 Å². The summed E-state index contributed by atoms with van der Waals surface area (Å²) in [5, 5.41) is 4.81. The van der Waals surface area contributed by atoms with E-state index in [4.69, 9.17) is 9.57 Å². The van der Waals surface area contributed by atoms with Crippen molar-refractivity contribution in [3.63, 3.8) is 0 Å². The second-order valence-electron chi connectivity index (χ2n) is 2.75. The van der Waals surface area contributed by atoms with Crippen LogP contribution in [-0.4, -0.2) is 44.2 Å². The van der Waals surface area contributed by atoms with Crippen molar-refractivity contribution in [3.8, 4) is 0 Å². The molecule has 0 bridgehead atoms. The summed E-state index contributed by atoms with van der Waals surface area (Å²) < 4.78 is 4.74. The lowest BCUT2D eigenvalue weighted by Gasteiger charge is -2.02. The van der Waals surface area contributed by atoms with Gasteiger partial charge in [-0.25, -0.2) is 5.06 Å². The molecule has 2 aliphatic heterocycles. The second kappa shape index (κ2) is 5.43. The number of carbonyl (C=O) groups excluding carboxylic acids is 1. The summed E-state index contributed by atoms with van der Waals surface area (Å²) in [4.78, 5) is 19.7. The van der Waals surface area contributed by atoms with Gasteiger partial charge in [0.2, 0.25) is 11.8 Å². The summed E-state index contributed by atoms with van der Waals surface area (Å²) in [6, 6.07) is 0. The highest BCUT2D eigenvalue weighted by atomic mass is 16.7. The van der Waals surface area contributed by atoms with Crippen LogP contribution in [0.15, 0.2) is 5.16 Å². The molecule has 6 heteroatoms. The minimum Gasteiger partial charge on any atom is -0.482 e. The number of ether oxygens (including phenoxy) is 1. The Labute approximate surface area is 82.4 Å². The molecule has 14 heavy (non-hydrogen) atoms. The van der Waals surface area contributed by atoms with Crippen molar-refractivity contribution < 1.29 is 19.2 Å². The third-order valence-electron chi connectivity index (χ3n) is 1.76. The fraction of sp³-hybridized carbons (Fsp3) is 0.750. The molecule has 1 fully saturated rings. The first-order valence-corrected chi connectivity index (χ1v) is 4.36. The normalized spacial score (nSPS) is 19.7. The van der Waals surface area contributed by atoms with Crippen molar-refractivity contribution in [2.75, 3.05) is 27.4 Å². The molecule has 0 N–H and O–H groups in total. The number of oxime groups is 1. The Morgan fingerprint density at radius 1 is 1.43 bits per heavy atom. The zero-order valence-electron chi connectivity index (χ0n) is 8.36. The average molecular weight is 202 g/mol. The van der Waals surface area contributed by atoms with Crippen LogP contribution < -0.4 is 0 Å². The standard InChI is InChI=1S/2C4H7NO2/c1-6-4-2-3-7-5-4;1-5-4(6)2-3-7-5/h2*2-3H2,1H3. The molecule has 0 aliphatic carbocycles. The quantitative estimate of drug-likeness (QED) is 0.561. The number of amides is 1. The van der Waals surface area contributed by atoms with Gasteiger partial charge in [0.1, 0.15) is 6.61 Å². The smallest absolute Gasteiger partial charge is 0.248 e. The van der Waals surface area contributed by atoms with E-state index in [1.165, 1.54) is 5.06 Å². The van der Waals surface area contributed by atoms with Gasteiger partial charge in [-0.2, -0.15) is 0 Å². The highest BCUT2D eigenvalue weighted by Gasteiger charge is 2.15. The fourth-order valence-corrected chi connectivity index (χ4v) is 0.935. The van der Waals surface area contributed by atoms with Crippen LogP contribution in [0.25, 0.3) is 0 Å². The second-order valence-corrected chi connectivity index (χ2v) is 2.75. The van der Waals surface area contributed by atoms with E-state index in [1.807, 2.05) is 0 Å². The minimum atomic E-state index is 0.0694. The minimum absolute atomic E-state index is 0.0694. The lowest BCUT2D eigenvalue weighted by Crippen LogP contribution is -2.16. The van der Waals surface area contributed by atoms with E-state index in [0.717, 1.165) is 6.42 Å². The van der Waals surface area contributed by atoms with Crippen LogP contribution >= 0.6 is 0 Å². The predicted octanol–water partition coefficient (Wildman–Crippen LogP) is 0.147. The molecule has 0 saturated carbocycles. The molecule has 0 spiro atoms. The van der Waals surface area contributed by atoms with Gasteiger partial charge >= 0.3 is 0 Å². The number of carbonyl (C=O) groups is 1. The molecule has 2 rings (SSSR count). The van der Waals surface area contributed by atoms with Gasteiger partial charge in [-0.05, 0) is 0 Å². The summed E-state index contributed by atoms with van der Waals surface area (Å²) in [6.45, 7) is 1.22. The number of methoxy groups -OCH3 is 1. The molecule has 0 aromatic carbocycles. The monoisotopic (exact) mass is 202 g/mol. The Hall–Kier alpha value is -1.30. The Balaban J connectivity index is 0.000000140. The number of rotatable bonds is 0. The largest absolute Gasteiger partial charge is 0.482 e. The lowest BCUT2D eigenvalue weighted by molar-refractivity contribution is -0.154. The topological polar surface area (TPSA) is 60.4 Å². The van der Waals surface area contributed by atoms with Gasteiger partial charge < -0.3 is 9.57 Å². The van der Waals surface area contributed by atoms with Gasteiger partial charge in [0.25, 0.3) is 0 Å². The zero-order valence-corrected chi connectivity index (χ0v) is 8.36. The van der Waals surface area contributed by atoms with Crippen LogP contribution in [0.3, 0.4) is 0 Å². The van der Waals surface area contributed by atoms with Crippen LogP contribution in [0.1, 0.15) is 12.8 Å². The van der Waals surface area contributed by atoms with Crippen molar-refractivity contribution in [2.45, 2.75) is 12.8 Å². The Morgan fingerprint density at radius 3 is 2.43 bits per heavy atom. The summed E-state index contributed by atoms with van der Waals surface area (Å²) in [5.41, 5.74) is 0. The Kier molecular flexibility index (Phi) is 4.18. The van der Waals surface area contributed by atoms with Crippen LogP contribution in [-0.2, 0) is 19.2 Å². The van der Waals surface area contributed by atoms with Gasteiger partial charge in [0.05, 0.1) is 26.6 Å². The van der Waals surface area contributed by atoms with Crippen molar-refractivity contribution >= 4 is 11.8 Å². The van der Waals surface area contributed by atoms with E-state index in [1.54, 1.807) is 14.2 Å². The third-order valence-corrected chi connectivity index (χ3v) is 1.76. The molecule has 0 aromatic rings. The molecule has 0 unspecified atom stereocenters. The Bertz CT molecular complexity index is 229. The Morgan fingerprint density at radius 2 is 2.21 bits per heavy atom. The maximum Gasteiger partial charge on any atom is 0.248 e. The third kappa shape index (κ3) is 3.21. The first-order chi connectivity index (χ1) is 6.74. The predicted molar refractivity (Wildman–Crippen MR) is 48.4 cm³/mol. The van der Waals surface area contributed by atoms with Crippen LogP contribution in [0.4, 0.5) is 0 Å². The average Bonchev–Trinajstić information content (AvgIpc) is 2.80. The van der Waals surface area contributed by atoms with Gasteiger partial charge in [0, 0.05) is 7.05 Å². The first-order valence-electron chi connectivity index (χ1n) is 4.36. The molecule has 0 atom stereocenters. The molecule has 1 amide bonds. The molecule has 2 heterocycles. The molecule has 1 saturated heterocycles. The highest BCUT2D eigenvalue weighted by molar-refractivity contribution is 5.76. The van der Waals surface area contributed by atoms with Crippen molar-refractivity contribution in [3.05, 3.63) is 0 Å². The van der Waals surface area contributed by atoms with Crippen LogP contribution in [0, 0.1) is 0 Å². The zero-order chi connectivity index (χ0) is 10.4. The molecule has 80 valence electrons. The number of nitrogens with zero attached hydrogens (tertiary/aromatic N) is 2. The lowest BCUT2D eigenvalue weighted by atomic mass is 10.5.